The monoisotopic (exact) mass is 202 g/mol. The Morgan fingerprint density at radius 3 is 2.46 bits per heavy atom. The van der Waals surface area contributed by atoms with Crippen LogP contribution in [0.25, 0.3) is 0 Å². The van der Waals surface area contributed by atoms with Gasteiger partial charge in [0.05, 0.1) is 5.75 Å². The Hall–Kier alpha value is -0.180. The van der Waals surface area contributed by atoms with Crippen molar-refractivity contribution in [3.63, 3.8) is 0 Å². The highest BCUT2D eigenvalue weighted by Gasteiger charge is 2.21. The number of carbonyl (C=O) groups is 1. The summed E-state index contributed by atoms with van der Waals surface area (Å²) in [5, 5.41) is 0. The van der Waals surface area contributed by atoms with Crippen LogP contribution in [0.2, 0.25) is 0 Å². The fourth-order valence-corrected chi connectivity index (χ4v) is 2.56. The third-order valence-corrected chi connectivity index (χ3v) is 3.94. The van der Waals surface area contributed by atoms with Crippen LogP contribution in [0.1, 0.15) is 39.0 Å². The molecule has 1 saturated carbocycles. The van der Waals surface area contributed by atoms with Gasteiger partial charge in [0.2, 0.25) is 0 Å². The highest BCUT2D eigenvalue weighted by atomic mass is 32.2. The van der Waals surface area contributed by atoms with Crippen molar-refractivity contribution in [2.24, 2.45) is 5.92 Å². The summed E-state index contributed by atoms with van der Waals surface area (Å²) in [4.78, 5) is 11.6. The maximum atomic E-state index is 11.6. The van der Waals surface area contributed by atoms with E-state index < -0.39 is 10.8 Å². The van der Waals surface area contributed by atoms with Gasteiger partial charge in [0.25, 0.3) is 0 Å². The van der Waals surface area contributed by atoms with Crippen LogP contribution in [0, 0.1) is 5.92 Å². The van der Waals surface area contributed by atoms with Crippen molar-refractivity contribution < 1.29 is 9.00 Å². The van der Waals surface area contributed by atoms with E-state index in [0.717, 1.165) is 12.8 Å². The number of Topliss-reactive ketones (excluding diaryl/α,β-unsaturated/α-hetero) is 1. The van der Waals surface area contributed by atoms with Gasteiger partial charge in [-0.15, -0.1) is 0 Å². The van der Waals surface area contributed by atoms with Crippen molar-refractivity contribution in [3.8, 4) is 0 Å². The van der Waals surface area contributed by atoms with Gasteiger partial charge < -0.3 is 0 Å². The van der Waals surface area contributed by atoms with Crippen molar-refractivity contribution in [1.29, 1.82) is 0 Å². The van der Waals surface area contributed by atoms with E-state index in [0.29, 0.717) is 11.5 Å². The predicted octanol–water partition coefficient (Wildman–Crippen LogP) is 1.90. The maximum absolute atomic E-state index is 11.6. The molecule has 0 aromatic carbocycles. The molecule has 1 rings (SSSR count). The standard InChI is InChI=1S/C10H18O2S/c1-2-13(12)8-10(11)9-6-4-3-5-7-9/h9H,2-8H2,1H3. The Morgan fingerprint density at radius 1 is 1.31 bits per heavy atom. The van der Waals surface area contributed by atoms with Crippen LogP contribution in [-0.4, -0.2) is 21.5 Å². The van der Waals surface area contributed by atoms with Crippen LogP contribution in [0.5, 0.6) is 0 Å². The molecule has 0 aliphatic heterocycles. The summed E-state index contributed by atoms with van der Waals surface area (Å²) in [5.74, 6) is 1.36. The van der Waals surface area contributed by atoms with Gasteiger partial charge in [-0.05, 0) is 12.8 Å². The van der Waals surface area contributed by atoms with Gasteiger partial charge in [-0.1, -0.05) is 26.2 Å². The van der Waals surface area contributed by atoms with Crippen molar-refractivity contribution in [2.75, 3.05) is 11.5 Å². The molecule has 1 aliphatic carbocycles. The lowest BCUT2D eigenvalue weighted by Gasteiger charge is -2.19. The SMILES string of the molecule is CCS(=O)CC(=O)C1CCCCC1. The molecule has 0 bridgehead atoms. The van der Waals surface area contributed by atoms with Crippen LogP contribution in [0.3, 0.4) is 0 Å². The zero-order chi connectivity index (χ0) is 9.68. The third kappa shape index (κ3) is 3.59. The first kappa shape index (κ1) is 10.9. The second-order valence-electron chi connectivity index (χ2n) is 3.67. The van der Waals surface area contributed by atoms with E-state index in [9.17, 15) is 9.00 Å². The van der Waals surface area contributed by atoms with Gasteiger partial charge in [0, 0.05) is 22.5 Å². The molecule has 0 heterocycles. The second-order valence-corrected chi connectivity index (χ2v) is 5.42. The molecular formula is C10H18O2S. The summed E-state index contributed by atoms with van der Waals surface area (Å²) in [6.07, 6.45) is 5.67. The molecule has 1 atom stereocenters. The minimum atomic E-state index is -0.908. The minimum Gasteiger partial charge on any atom is -0.298 e. The molecule has 0 radical (unpaired) electrons. The van der Waals surface area contributed by atoms with Crippen LogP contribution in [-0.2, 0) is 15.6 Å². The van der Waals surface area contributed by atoms with Gasteiger partial charge in [-0.3, -0.25) is 9.00 Å². The topological polar surface area (TPSA) is 34.1 Å². The summed E-state index contributed by atoms with van der Waals surface area (Å²) in [6.45, 7) is 1.87. The molecule has 3 heteroatoms. The molecule has 0 spiro atoms. The summed E-state index contributed by atoms with van der Waals surface area (Å²) < 4.78 is 11.2. The highest BCUT2D eigenvalue weighted by Crippen LogP contribution is 2.24. The van der Waals surface area contributed by atoms with Crippen molar-refractivity contribution in [2.45, 2.75) is 39.0 Å². The minimum absolute atomic E-state index is 0.226. The van der Waals surface area contributed by atoms with Crippen LogP contribution in [0.15, 0.2) is 0 Å². The molecule has 0 aromatic rings. The lowest BCUT2D eigenvalue weighted by Crippen LogP contribution is -2.23. The molecule has 13 heavy (non-hydrogen) atoms. The molecule has 1 unspecified atom stereocenters. The quantitative estimate of drug-likeness (QED) is 0.698. The zero-order valence-corrected chi connectivity index (χ0v) is 9.07. The Kier molecular flexibility index (Phi) is 4.64. The van der Waals surface area contributed by atoms with E-state index in [4.69, 9.17) is 0 Å². The molecule has 1 fully saturated rings. The van der Waals surface area contributed by atoms with E-state index in [1.54, 1.807) is 0 Å². The van der Waals surface area contributed by atoms with Crippen LogP contribution < -0.4 is 0 Å². The molecule has 0 N–H and O–H groups in total. The van der Waals surface area contributed by atoms with E-state index in [-0.39, 0.29) is 11.7 Å². The second kappa shape index (κ2) is 5.53. The largest absolute Gasteiger partial charge is 0.298 e. The Morgan fingerprint density at radius 2 is 1.92 bits per heavy atom. The Bertz CT molecular complexity index is 195. The highest BCUT2D eigenvalue weighted by molar-refractivity contribution is 7.85. The summed E-state index contributed by atoms with van der Waals surface area (Å²) in [6, 6.07) is 0. The number of carbonyl (C=O) groups excluding carboxylic acids is 1. The van der Waals surface area contributed by atoms with E-state index in [1.165, 1.54) is 19.3 Å². The molecule has 1 aliphatic rings. The molecule has 0 aromatic heterocycles. The van der Waals surface area contributed by atoms with Crippen molar-refractivity contribution >= 4 is 16.6 Å². The van der Waals surface area contributed by atoms with Crippen molar-refractivity contribution in [1.82, 2.24) is 0 Å². The summed E-state index contributed by atoms with van der Waals surface area (Å²) in [7, 11) is -0.908. The zero-order valence-electron chi connectivity index (χ0n) is 8.25. The van der Waals surface area contributed by atoms with E-state index in [1.807, 2.05) is 6.92 Å². The molecule has 76 valence electrons. The molecule has 0 amide bonds. The Balaban J connectivity index is 2.33. The summed E-state index contributed by atoms with van der Waals surface area (Å²) in [5.41, 5.74) is 0. The van der Waals surface area contributed by atoms with Crippen LogP contribution >= 0.6 is 0 Å². The molecule has 0 saturated heterocycles. The normalized spacial score (nSPS) is 21.3. The van der Waals surface area contributed by atoms with Gasteiger partial charge in [0.1, 0.15) is 5.78 Å². The number of rotatable bonds is 4. The lowest BCUT2D eigenvalue weighted by atomic mass is 9.87. The molecular weight excluding hydrogens is 184 g/mol. The first-order valence-electron chi connectivity index (χ1n) is 5.11. The lowest BCUT2D eigenvalue weighted by molar-refractivity contribution is -0.121. The first-order valence-corrected chi connectivity index (χ1v) is 6.60. The summed E-state index contributed by atoms with van der Waals surface area (Å²) >= 11 is 0. The third-order valence-electron chi connectivity index (χ3n) is 2.69. The number of hydrogen-bond acceptors (Lipinski definition) is 2. The number of hydrogen-bond donors (Lipinski definition) is 0. The van der Waals surface area contributed by atoms with Crippen molar-refractivity contribution in [3.05, 3.63) is 0 Å². The fourth-order valence-electron chi connectivity index (χ4n) is 1.80. The first-order chi connectivity index (χ1) is 6.24. The Labute approximate surface area is 82.6 Å². The predicted molar refractivity (Wildman–Crippen MR) is 55.1 cm³/mol. The van der Waals surface area contributed by atoms with Gasteiger partial charge >= 0.3 is 0 Å². The smallest absolute Gasteiger partial charge is 0.148 e. The average molecular weight is 202 g/mol. The average Bonchev–Trinajstić information content (AvgIpc) is 2.19. The maximum Gasteiger partial charge on any atom is 0.148 e. The number of ketones is 1. The molecule has 2 nitrogen and oxygen atoms in total. The van der Waals surface area contributed by atoms with Gasteiger partial charge in [-0.2, -0.15) is 0 Å². The van der Waals surface area contributed by atoms with Crippen LogP contribution in [0.4, 0.5) is 0 Å². The van der Waals surface area contributed by atoms with Gasteiger partial charge in [-0.25, -0.2) is 0 Å². The van der Waals surface area contributed by atoms with E-state index in [2.05, 4.69) is 0 Å². The van der Waals surface area contributed by atoms with Gasteiger partial charge in [0.15, 0.2) is 0 Å². The van der Waals surface area contributed by atoms with E-state index >= 15 is 0 Å². The fraction of sp³-hybridized carbons (Fsp3) is 0.900.